The number of hydrogen-bond acceptors (Lipinski definition) is 4. The highest BCUT2D eigenvalue weighted by Crippen LogP contribution is 2.28. The van der Waals surface area contributed by atoms with E-state index in [1.807, 2.05) is 36.4 Å². The quantitative estimate of drug-likeness (QED) is 0.392. The fourth-order valence-corrected chi connectivity index (χ4v) is 2.15. The SMILES string of the molecule is CO/N=C(/C)c1cccc(NC(=S)c2ccccc2)c1O. The van der Waals surface area contributed by atoms with Crippen molar-refractivity contribution in [1.82, 2.24) is 0 Å². The van der Waals surface area contributed by atoms with Crippen LogP contribution in [0, 0.1) is 0 Å². The molecule has 5 heteroatoms. The largest absolute Gasteiger partial charge is 0.505 e. The van der Waals surface area contributed by atoms with Gasteiger partial charge in [0.25, 0.3) is 0 Å². The molecule has 108 valence electrons. The molecule has 0 atom stereocenters. The van der Waals surface area contributed by atoms with Gasteiger partial charge in [-0.15, -0.1) is 0 Å². The van der Waals surface area contributed by atoms with E-state index in [0.717, 1.165) is 5.56 Å². The van der Waals surface area contributed by atoms with Gasteiger partial charge in [0.1, 0.15) is 17.8 Å². The van der Waals surface area contributed by atoms with Crippen LogP contribution >= 0.6 is 12.2 Å². The van der Waals surface area contributed by atoms with Crippen molar-refractivity contribution in [1.29, 1.82) is 0 Å². The lowest BCUT2D eigenvalue weighted by Gasteiger charge is -2.12. The number of phenols is 1. The van der Waals surface area contributed by atoms with Crippen molar-refractivity contribution in [2.45, 2.75) is 6.92 Å². The molecule has 2 aromatic carbocycles. The Morgan fingerprint density at radius 1 is 1.14 bits per heavy atom. The zero-order chi connectivity index (χ0) is 15.2. The maximum atomic E-state index is 10.3. The molecule has 0 radical (unpaired) electrons. The van der Waals surface area contributed by atoms with Crippen molar-refractivity contribution in [2.75, 3.05) is 12.4 Å². The normalized spacial score (nSPS) is 11.0. The van der Waals surface area contributed by atoms with Crippen molar-refractivity contribution in [3.63, 3.8) is 0 Å². The summed E-state index contributed by atoms with van der Waals surface area (Å²) in [5.74, 6) is 0.0917. The number of benzene rings is 2. The number of anilines is 1. The van der Waals surface area contributed by atoms with E-state index in [-0.39, 0.29) is 5.75 Å². The molecule has 0 amide bonds. The van der Waals surface area contributed by atoms with Gasteiger partial charge in [-0.2, -0.15) is 0 Å². The Morgan fingerprint density at radius 2 is 1.86 bits per heavy atom. The zero-order valence-corrected chi connectivity index (χ0v) is 12.6. The first-order valence-corrected chi connectivity index (χ1v) is 6.81. The molecule has 0 fully saturated rings. The first kappa shape index (κ1) is 15.0. The van der Waals surface area contributed by atoms with Crippen LogP contribution in [0.2, 0.25) is 0 Å². The molecule has 0 unspecified atom stereocenters. The second kappa shape index (κ2) is 6.85. The lowest BCUT2D eigenvalue weighted by molar-refractivity contribution is 0.213. The van der Waals surface area contributed by atoms with Crippen molar-refractivity contribution in [3.8, 4) is 5.75 Å². The van der Waals surface area contributed by atoms with Crippen LogP contribution in [0.4, 0.5) is 5.69 Å². The highest BCUT2D eigenvalue weighted by atomic mass is 32.1. The summed E-state index contributed by atoms with van der Waals surface area (Å²) in [5, 5.41) is 17.2. The second-order valence-corrected chi connectivity index (χ2v) is 4.79. The number of nitrogens with one attached hydrogen (secondary N) is 1. The number of phenolic OH excluding ortho intramolecular Hbond substituents is 1. The Balaban J connectivity index is 2.28. The number of aromatic hydroxyl groups is 1. The Labute approximate surface area is 129 Å². The molecular formula is C16H16N2O2S. The van der Waals surface area contributed by atoms with E-state index in [1.54, 1.807) is 19.1 Å². The highest BCUT2D eigenvalue weighted by molar-refractivity contribution is 7.81. The first-order valence-electron chi connectivity index (χ1n) is 6.40. The predicted octanol–water partition coefficient (Wildman–Crippen LogP) is 3.55. The molecule has 0 heterocycles. The summed E-state index contributed by atoms with van der Waals surface area (Å²) in [4.78, 5) is 5.28. The van der Waals surface area contributed by atoms with Gasteiger partial charge in [-0.25, -0.2) is 0 Å². The smallest absolute Gasteiger partial charge is 0.148 e. The Bertz CT molecular complexity index is 669. The van der Waals surface area contributed by atoms with Gasteiger partial charge in [0.2, 0.25) is 0 Å². The van der Waals surface area contributed by atoms with Crippen LogP contribution in [-0.2, 0) is 4.84 Å². The number of oxime groups is 1. The van der Waals surface area contributed by atoms with E-state index >= 15 is 0 Å². The fourth-order valence-electron chi connectivity index (χ4n) is 1.91. The molecule has 0 aromatic heterocycles. The zero-order valence-electron chi connectivity index (χ0n) is 11.8. The Morgan fingerprint density at radius 3 is 2.52 bits per heavy atom. The van der Waals surface area contributed by atoms with Gasteiger partial charge >= 0.3 is 0 Å². The minimum absolute atomic E-state index is 0.0917. The number of hydrogen-bond donors (Lipinski definition) is 2. The van der Waals surface area contributed by atoms with Gasteiger partial charge in [0, 0.05) is 11.1 Å². The monoisotopic (exact) mass is 300 g/mol. The molecule has 0 aliphatic rings. The maximum absolute atomic E-state index is 10.3. The number of nitrogens with zero attached hydrogens (tertiary/aromatic N) is 1. The molecule has 0 saturated heterocycles. The molecule has 2 aromatic rings. The molecule has 0 bridgehead atoms. The number of rotatable bonds is 4. The van der Waals surface area contributed by atoms with Crippen LogP contribution < -0.4 is 5.32 Å². The van der Waals surface area contributed by atoms with Crippen LogP contribution in [0.15, 0.2) is 53.7 Å². The molecule has 0 aliphatic heterocycles. The summed E-state index contributed by atoms with van der Waals surface area (Å²) < 4.78 is 0. The van der Waals surface area contributed by atoms with E-state index in [1.165, 1.54) is 7.11 Å². The molecule has 4 nitrogen and oxygen atoms in total. The van der Waals surface area contributed by atoms with Crippen LogP contribution in [0.5, 0.6) is 5.75 Å². The summed E-state index contributed by atoms with van der Waals surface area (Å²) >= 11 is 5.35. The van der Waals surface area contributed by atoms with Crippen LogP contribution in [0.1, 0.15) is 18.1 Å². The summed E-state index contributed by atoms with van der Waals surface area (Å²) in [6, 6.07) is 14.9. The number of para-hydroxylation sites is 1. The minimum Gasteiger partial charge on any atom is -0.505 e. The first-order chi connectivity index (χ1) is 10.1. The minimum atomic E-state index is 0.0917. The van der Waals surface area contributed by atoms with Crippen molar-refractivity contribution < 1.29 is 9.94 Å². The molecule has 0 aliphatic carbocycles. The summed E-state index contributed by atoms with van der Waals surface area (Å²) in [6.07, 6.45) is 0. The predicted molar refractivity (Wildman–Crippen MR) is 89.1 cm³/mol. The van der Waals surface area contributed by atoms with E-state index < -0.39 is 0 Å². The standard InChI is InChI=1S/C16H16N2O2S/c1-11(18-20-2)13-9-6-10-14(15(13)19)17-16(21)12-7-4-3-5-8-12/h3-10,19H,1-2H3,(H,17,21)/b18-11-. The highest BCUT2D eigenvalue weighted by Gasteiger charge is 2.11. The third kappa shape index (κ3) is 3.58. The lowest BCUT2D eigenvalue weighted by atomic mass is 10.1. The molecule has 2 N–H and O–H groups in total. The molecular weight excluding hydrogens is 284 g/mol. The molecule has 2 rings (SSSR count). The maximum Gasteiger partial charge on any atom is 0.148 e. The van der Waals surface area contributed by atoms with Crippen LogP contribution in [0.25, 0.3) is 0 Å². The number of thiocarbonyl (C=S) groups is 1. The van der Waals surface area contributed by atoms with Gasteiger partial charge in [0.15, 0.2) is 0 Å². The second-order valence-electron chi connectivity index (χ2n) is 4.38. The molecule has 0 saturated carbocycles. The van der Waals surface area contributed by atoms with Crippen molar-refractivity contribution in [2.24, 2.45) is 5.16 Å². The van der Waals surface area contributed by atoms with Gasteiger partial charge in [-0.05, 0) is 19.1 Å². The summed E-state index contributed by atoms with van der Waals surface area (Å²) in [5.41, 5.74) is 2.61. The lowest BCUT2D eigenvalue weighted by Crippen LogP contribution is -2.11. The van der Waals surface area contributed by atoms with Crippen LogP contribution in [-0.4, -0.2) is 22.9 Å². The summed E-state index contributed by atoms with van der Waals surface area (Å²) in [7, 11) is 1.47. The van der Waals surface area contributed by atoms with Gasteiger partial charge in [-0.1, -0.05) is 53.8 Å². The van der Waals surface area contributed by atoms with E-state index in [9.17, 15) is 5.11 Å². The average molecular weight is 300 g/mol. The van der Waals surface area contributed by atoms with Gasteiger partial charge in [0.05, 0.1) is 11.4 Å². The third-order valence-corrected chi connectivity index (χ3v) is 3.28. The summed E-state index contributed by atoms with van der Waals surface area (Å²) in [6.45, 7) is 1.76. The Hall–Kier alpha value is -2.40. The van der Waals surface area contributed by atoms with E-state index in [4.69, 9.17) is 17.1 Å². The molecule has 21 heavy (non-hydrogen) atoms. The third-order valence-electron chi connectivity index (χ3n) is 2.94. The van der Waals surface area contributed by atoms with Crippen molar-refractivity contribution in [3.05, 3.63) is 59.7 Å². The van der Waals surface area contributed by atoms with Crippen molar-refractivity contribution >= 4 is 28.6 Å². The van der Waals surface area contributed by atoms with Gasteiger partial charge < -0.3 is 15.3 Å². The van der Waals surface area contributed by atoms with Crippen LogP contribution in [0.3, 0.4) is 0 Å². The fraction of sp³-hybridized carbons (Fsp3) is 0.125. The van der Waals surface area contributed by atoms with E-state index in [0.29, 0.717) is 22.0 Å². The topological polar surface area (TPSA) is 53.8 Å². The van der Waals surface area contributed by atoms with E-state index in [2.05, 4.69) is 10.5 Å². The van der Waals surface area contributed by atoms with Gasteiger partial charge in [-0.3, -0.25) is 0 Å². The molecule has 0 spiro atoms. The average Bonchev–Trinajstić information content (AvgIpc) is 2.50. The Kier molecular flexibility index (Phi) is 4.90.